The van der Waals surface area contributed by atoms with Gasteiger partial charge in [-0.1, -0.05) is 23.6 Å². The highest BCUT2D eigenvalue weighted by atomic mass is 35.5. The standard InChI is InChI=1S/C37H29ClF9N7O4S/c1-35(2,56)9-8-19-4-5-20(21-6-7-24(38)28-31(21)53(3)51-34(28)52-59(57,58)37(45,46)47)29(48-19)25(12-16-10-17(39)13-18(40)11-16)49-26(55)15-54-32-27(30(50-54)33(41)42)22-14-23(22)36(32,43)44/h4-7,10-11,13,22-23,25,33,56H,12,14-15H2,1-3H3,(H,49,55)(H,51,52)/t22?,23-,25+/m1/s1. The van der Waals surface area contributed by atoms with Crippen LogP contribution in [0.15, 0.2) is 42.5 Å². The number of anilines is 1. The third-order valence-electron chi connectivity index (χ3n) is 9.67. The second-order valence-corrected chi connectivity index (χ2v) is 16.6. The van der Waals surface area contributed by atoms with Crippen molar-refractivity contribution in [2.24, 2.45) is 13.0 Å². The van der Waals surface area contributed by atoms with Crippen molar-refractivity contribution >= 4 is 44.3 Å². The number of pyridine rings is 1. The lowest BCUT2D eigenvalue weighted by Crippen LogP contribution is -2.35. The van der Waals surface area contributed by atoms with Crippen LogP contribution in [0, 0.1) is 29.4 Å². The van der Waals surface area contributed by atoms with E-state index in [1.54, 1.807) is 0 Å². The van der Waals surface area contributed by atoms with Gasteiger partial charge in [-0.15, -0.1) is 0 Å². The number of aliphatic hydroxyl groups is 1. The SMILES string of the molecule is Cn1nc(NS(=O)(=O)C(F)(F)F)c2c(Cl)ccc(-c3ccc(C#CC(C)(C)O)nc3[C@H](Cc3cc(F)cc(F)c3)NC(=O)Cn3nc(C(F)F)c4c3C(F)(F)[C@@H]3CC43)c21. The van der Waals surface area contributed by atoms with Gasteiger partial charge < -0.3 is 10.4 Å². The largest absolute Gasteiger partial charge is 0.516 e. The molecule has 59 heavy (non-hydrogen) atoms. The fourth-order valence-corrected chi connectivity index (χ4v) is 8.00. The molecule has 1 unspecified atom stereocenters. The molecular weight excluding hydrogens is 845 g/mol. The zero-order valence-corrected chi connectivity index (χ0v) is 32.1. The Morgan fingerprint density at radius 3 is 2.34 bits per heavy atom. The van der Waals surface area contributed by atoms with Gasteiger partial charge in [-0.25, -0.2) is 22.5 Å². The lowest BCUT2D eigenvalue weighted by Gasteiger charge is -2.23. The zero-order chi connectivity index (χ0) is 43.1. The fourth-order valence-electron chi connectivity index (χ4n) is 7.24. The molecule has 312 valence electrons. The van der Waals surface area contributed by atoms with Crippen molar-refractivity contribution in [2.75, 3.05) is 4.72 Å². The Bertz CT molecular complexity index is 2700. The Balaban J connectivity index is 1.39. The van der Waals surface area contributed by atoms with Gasteiger partial charge in [0.2, 0.25) is 5.91 Å². The maximum absolute atomic E-state index is 15.4. The number of hydrogen-bond acceptors (Lipinski definition) is 7. The summed E-state index contributed by atoms with van der Waals surface area (Å²) in [5.74, 6) is -4.36. The van der Waals surface area contributed by atoms with Crippen LogP contribution in [-0.4, -0.2) is 55.1 Å². The van der Waals surface area contributed by atoms with Crippen molar-refractivity contribution in [3.63, 3.8) is 0 Å². The molecule has 3 atom stereocenters. The summed E-state index contributed by atoms with van der Waals surface area (Å²) < 4.78 is 155. The van der Waals surface area contributed by atoms with Gasteiger partial charge in [0.15, 0.2) is 5.82 Å². The average Bonchev–Trinajstić information content (AvgIpc) is 3.65. The number of benzene rings is 2. The summed E-state index contributed by atoms with van der Waals surface area (Å²) in [6.45, 7) is 1.72. The molecule has 1 saturated carbocycles. The highest BCUT2D eigenvalue weighted by molar-refractivity contribution is 7.93. The van der Waals surface area contributed by atoms with Gasteiger partial charge in [-0.2, -0.15) is 40.6 Å². The number of nitrogens with zero attached hydrogens (tertiary/aromatic N) is 5. The molecular formula is C37H29ClF9N7O4S. The number of aromatic nitrogens is 5. The van der Waals surface area contributed by atoms with Crippen molar-refractivity contribution in [2.45, 2.75) is 68.7 Å². The highest BCUT2D eigenvalue weighted by Gasteiger charge is 2.67. The first kappa shape index (κ1) is 41.8. The maximum atomic E-state index is 15.4. The minimum Gasteiger partial charge on any atom is -0.378 e. The van der Waals surface area contributed by atoms with E-state index in [0.717, 1.165) is 16.8 Å². The molecule has 0 bridgehead atoms. The van der Waals surface area contributed by atoms with E-state index < -0.39 is 99.1 Å². The lowest BCUT2D eigenvalue weighted by atomic mass is 9.93. The number of halogens is 10. The first-order valence-corrected chi connectivity index (χ1v) is 19.2. The van der Waals surface area contributed by atoms with E-state index in [9.17, 15) is 49.1 Å². The molecule has 1 fully saturated rings. The van der Waals surface area contributed by atoms with E-state index in [0.29, 0.717) is 10.7 Å². The molecule has 3 aromatic heterocycles. The molecule has 7 rings (SSSR count). The Labute approximate surface area is 333 Å². The van der Waals surface area contributed by atoms with Gasteiger partial charge in [0.1, 0.15) is 40.9 Å². The van der Waals surface area contributed by atoms with Crippen LogP contribution < -0.4 is 10.0 Å². The number of rotatable bonds is 10. The summed E-state index contributed by atoms with van der Waals surface area (Å²) in [4.78, 5) is 18.5. The van der Waals surface area contributed by atoms with Crippen LogP contribution >= 0.6 is 11.6 Å². The van der Waals surface area contributed by atoms with Crippen molar-refractivity contribution in [3.8, 4) is 23.0 Å². The van der Waals surface area contributed by atoms with Gasteiger partial charge in [0, 0.05) is 35.7 Å². The van der Waals surface area contributed by atoms with Crippen molar-refractivity contribution in [3.05, 3.63) is 93.0 Å². The molecule has 1 amide bonds. The van der Waals surface area contributed by atoms with Gasteiger partial charge >= 0.3 is 15.5 Å². The molecule has 2 aliphatic carbocycles. The molecule has 5 aromatic rings. The Morgan fingerprint density at radius 1 is 1.05 bits per heavy atom. The average molecular weight is 874 g/mol. The van der Waals surface area contributed by atoms with E-state index in [1.807, 2.05) is 0 Å². The molecule has 3 heterocycles. The van der Waals surface area contributed by atoms with Crippen molar-refractivity contribution in [1.29, 1.82) is 0 Å². The normalized spacial score (nSPS) is 17.7. The van der Waals surface area contributed by atoms with E-state index in [-0.39, 0.29) is 56.0 Å². The molecule has 0 saturated heterocycles. The molecule has 3 N–H and O–H groups in total. The van der Waals surface area contributed by atoms with E-state index in [2.05, 4.69) is 32.3 Å². The number of amides is 1. The fraction of sp³-hybridized carbons (Fsp3) is 0.351. The smallest absolute Gasteiger partial charge is 0.378 e. The van der Waals surface area contributed by atoms with Crippen LogP contribution in [-0.2, 0) is 40.8 Å². The van der Waals surface area contributed by atoms with Gasteiger partial charge in [0.05, 0.1) is 27.7 Å². The van der Waals surface area contributed by atoms with Crippen LogP contribution in [0.5, 0.6) is 0 Å². The Morgan fingerprint density at radius 2 is 1.71 bits per heavy atom. The molecule has 0 aliphatic heterocycles. The Hall–Kier alpha value is -5.33. The van der Waals surface area contributed by atoms with Crippen LogP contribution in [0.25, 0.3) is 22.0 Å². The van der Waals surface area contributed by atoms with E-state index in [4.69, 9.17) is 11.6 Å². The lowest BCUT2D eigenvalue weighted by molar-refractivity contribution is -0.123. The van der Waals surface area contributed by atoms with E-state index in [1.165, 1.54) is 49.9 Å². The number of aryl methyl sites for hydroxylation is 1. The molecule has 2 aromatic carbocycles. The maximum Gasteiger partial charge on any atom is 0.516 e. The summed E-state index contributed by atoms with van der Waals surface area (Å²) >= 11 is 6.40. The van der Waals surface area contributed by atoms with Gasteiger partial charge in [-0.3, -0.25) is 18.9 Å². The third-order valence-corrected chi connectivity index (χ3v) is 11.1. The van der Waals surface area contributed by atoms with E-state index >= 15 is 8.78 Å². The second-order valence-electron chi connectivity index (χ2n) is 14.6. The summed E-state index contributed by atoms with van der Waals surface area (Å²) in [5.41, 5.74) is -9.54. The predicted octanol–water partition coefficient (Wildman–Crippen LogP) is 7.39. The minimum absolute atomic E-state index is 0.0324. The topological polar surface area (TPSA) is 144 Å². The third kappa shape index (κ3) is 7.92. The second kappa shape index (κ2) is 14.4. The van der Waals surface area contributed by atoms with Crippen LogP contribution in [0.4, 0.5) is 45.3 Å². The first-order chi connectivity index (χ1) is 27.4. The molecule has 0 spiro atoms. The number of sulfonamides is 1. The summed E-state index contributed by atoms with van der Waals surface area (Å²) in [5, 5.41) is 19.9. The summed E-state index contributed by atoms with van der Waals surface area (Å²) in [7, 11) is -4.74. The monoisotopic (exact) mass is 873 g/mol. The van der Waals surface area contributed by atoms with Crippen LogP contribution in [0.1, 0.15) is 72.6 Å². The van der Waals surface area contributed by atoms with Crippen LogP contribution in [0.2, 0.25) is 5.02 Å². The molecule has 0 radical (unpaired) electrons. The summed E-state index contributed by atoms with van der Waals surface area (Å²) in [6.07, 6.45) is -3.73. The number of fused-ring (bicyclic) bond motifs is 4. The number of carbonyl (C=O) groups is 1. The molecule has 2 aliphatic rings. The minimum atomic E-state index is -6.00. The zero-order valence-electron chi connectivity index (χ0n) is 30.6. The number of nitrogens with one attached hydrogen (secondary N) is 2. The quantitative estimate of drug-likeness (QED) is 0.0981. The predicted molar refractivity (Wildman–Crippen MR) is 194 cm³/mol. The van der Waals surface area contributed by atoms with Gasteiger partial charge in [-0.05, 0) is 74.4 Å². The number of hydrogen-bond donors (Lipinski definition) is 3. The molecule has 11 nitrogen and oxygen atoms in total. The van der Waals surface area contributed by atoms with Gasteiger partial charge in [0.25, 0.3) is 12.3 Å². The van der Waals surface area contributed by atoms with Crippen LogP contribution in [0.3, 0.4) is 0 Å². The Kier molecular flexibility index (Phi) is 10.2. The number of alkyl halides is 7. The highest BCUT2D eigenvalue weighted by Crippen LogP contribution is 2.68. The summed E-state index contributed by atoms with van der Waals surface area (Å²) in [6, 6.07) is 6.28. The van der Waals surface area contributed by atoms with Crippen molar-refractivity contribution < 1.29 is 57.8 Å². The van der Waals surface area contributed by atoms with Crippen molar-refractivity contribution in [1.82, 2.24) is 29.9 Å². The first-order valence-electron chi connectivity index (χ1n) is 17.4. The molecule has 22 heteroatoms. The number of carbonyl (C=O) groups excluding carboxylic acids is 1.